The number of hydrogen-bond acceptors (Lipinski definition) is 2. The molecule has 3 unspecified atom stereocenters. The smallest absolute Gasteiger partial charge is 0.0285 e. The molecule has 0 amide bonds. The molecule has 0 radical (unpaired) electrons. The summed E-state index contributed by atoms with van der Waals surface area (Å²) in [6.45, 7) is 2.35. The molecule has 0 aromatic carbocycles. The van der Waals surface area contributed by atoms with Crippen LogP contribution in [0.4, 0.5) is 0 Å². The van der Waals surface area contributed by atoms with Gasteiger partial charge in [0, 0.05) is 20.8 Å². The minimum Gasteiger partial charge on any atom is -0.316 e. The molecule has 1 fully saturated rings. The van der Waals surface area contributed by atoms with Crippen molar-refractivity contribution in [2.75, 3.05) is 7.05 Å². The molecule has 3 atom stereocenters. The van der Waals surface area contributed by atoms with E-state index in [0.717, 1.165) is 11.8 Å². The fraction of sp³-hybridized carbons (Fsp3) is 0.636. The minimum absolute atomic E-state index is 0.676. The van der Waals surface area contributed by atoms with E-state index in [4.69, 9.17) is 0 Å². The summed E-state index contributed by atoms with van der Waals surface area (Å²) in [6.07, 6.45) is 2.58. The third-order valence-corrected chi connectivity index (χ3v) is 4.82. The second-order valence-electron chi connectivity index (χ2n) is 4.21. The molecule has 1 nitrogen and oxygen atoms in total. The Labute approximate surface area is 98.0 Å². The van der Waals surface area contributed by atoms with Crippen LogP contribution in [0.5, 0.6) is 0 Å². The lowest BCUT2D eigenvalue weighted by Crippen LogP contribution is -2.30. The van der Waals surface area contributed by atoms with E-state index >= 15 is 0 Å². The summed E-state index contributed by atoms with van der Waals surface area (Å²) >= 11 is 5.35. The molecule has 1 saturated carbocycles. The van der Waals surface area contributed by atoms with Crippen LogP contribution in [0.1, 0.15) is 18.2 Å². The highest BCUT2D eigenvalue weighted by molar-refractivity contribution is 9.10. The monoisotopic (exact) mass is 273 g/mol. The summed E-state index contributed by atoms with van der Waals surface area (Å²) in [5.74, 6) is 1.83. The molecular weight excluding hydrogens is 258 g/mol. The maximum Gasteiger partial charge on any atom is 0.0285 e. The van der Waals surface area contributed by atoms with E-state index in [1.165, 1.54) is 22.2 Å². The van der Waals surface area contributed by atoms with E-state index in [2.05, 4.69) is 46.7 Å². The van der Waals surface area contributed by atoms with Gasteiger partial charge in [-0.1, -0.05) is 6.92 Å². The van der Waals surface area contributed by atoms with Crippen molar-refractivity contribution in [3.05, 3.63) is 20.8 Å². The van der Waals surface area contributed by atoms with Gasteiger partial charge in [0.1, 0.15) is 0 Å². The third-order valence-electron chi connectivity index (χ3n) is 3.10. The summed E-state index contributed by atoms with van der Waals surface area (Å²) < 4.78 is 1.22. The van der Waals surface area contributed by atoms with Gasteiger partial charge < -0.3 is 5.32 Å². The van der Waals surface area contributed by atoms with E-state index in [1.54, 1.807) is 0 Å². The standard InChI is InChI=1S/C11H16BrNS/c1-7-3-10(7)11(13-2)5-9-4-8(12)6-14-9/h4,6-7,10-11,13H,3,5H2,1-2H3. The summed E-state index contributed by atoms with van der Waals surface area (Å²) in [4.78, 5) is 1.48. The lowest BCUT2D eigenvalue weighted by molar-refractivity contribution is 0.482. The number of hydrogen-bond donors (Lipinski definition) is 1. The van der Waals surface area contributed by atoms with Crippen LogP contribution in [-0.4, -0.2) is 13.1 Å². The molecular formula is C11H16BrNS. The van der Waals surface area contributed by atoms with Crippen LogP contribution in [0.2, 0.25) is 0 Å². The second kappa shape index (κ2) is 4.33. The highest BCUT2D eigenvalue weighted by Gasteiger charge is 2.38. The van der Waals surface area contributed by atoms with Crippen LogP contribution in [0, 0.1) is 11.8 Å². The van der Waals surface area contributed by atoms with E-state index in [0.29, 0.717) is 6.04 Å². The average Bonchev–Trinajstić information content (AvgIpc) is 2.72. The Balaban J connectivity index is 1.94. The highest BCUT2D eigenvalue weighted by Crippen LogP contribution is 2.41. The average molecular weight is 274 g/mol. The summed E-state index contributed by atoms with van der Waals surface area (Å²) in [5, 5.41) is 5.61. The van der Waals surface area contributed by atoms with E-state index < -0.39 is 0 Å². The molecule has 1 aromatic heterocycles. The van der Waals surface area contributed by atoms with Gasteiger partial charge in [-0.25, -0.2) is 0 Å². The van der Waals surface area contributed by atoms with Crippen molar-refractivity contribution in [3.8, 4) is 0 Å². The maximum atomic E-state index is 3.50. The minimum atomic E-state index is 0.676. The molecule has 0 bridgehead atoms. The number of likely N-dealkylation sites (N-methyl/N-ethyl adjacent to an activating group) is 1. The van der Waals surface area contributed by atoms with Gasteiger partial charge in [-0.15, -0.1) is 11.3 Å². The Morgan fingerprint density at radius 1 is 1.71 bits per heavy atom. The zero-order chi connectivity index (χ0) is 10.1. The van der Waals surface area contributed by atoms with Crippen LogP contribution < -0.4 is 5.32 Å². The van der Waals surface area contributed by atoms with Crippen LogP contribution in [0.15, 0.2) is 15.9 Å². The molecule has 1 aliphatic carbocycles. The van der Waals surface area contributed by atoms with E-state index in [-0.39, 0.29) is 0 Å². The first-order valence-corrected chi connectivity index (χ1v) is 6.78. The zero-order valence-electron chi connectivity index (χ0n) is 8.59. The molecule has 1 N–H and O–H groups in total. The molecule has 1 aromatic rings. The SMILES string of the molecule is CNC(Cc1cc(Br)cs1)C1CC1C. The number of thiophene rings is 1. The quantitative estimate of drug-likeness (QED) is 0.888. The number of halogens is 1. The van der Waals surface area contributed by atoms with E-state index in [1.807, 2.05) is 11.3 Å². The van der Waals surface area contributed by atoms with Crippen molar-refractivity contribution < 1.29 is 0 Å². The van der Waals surface area contributed by atoms with Crippen LogP contribution in [-0.2, 0) is 6.42 Å². The Morgan fingerprint density at radius 2 is 2.43 bits per heavy atom. The molecule has 0 aliphatic heterocycles. The zero-order valence-corrected chi connectivity index (χ0v) is 11.0. The first-order chi connectivity index (χ1) is 6.70. The lowest BCUT2D eigenvalue weighted by atomic mass is 10.1. The summed E-state index contributed by atoms with van der Waals surface area (Å²) in [7, 11) is 2.08. The Kier molecular flexibility index (Phi) is 3.30. The first kappa shape index (κ1) is 10.7. The summed E-state index contributed by atoms with van der Waals surface area (Å²) in [6, 6.07) is 2.91. The fourth-order valence-corrected chi connectivity index (χ4v) is 3.57. The maximum absolute atomic E-state index is 3.50. The second-order valence-corrected chi connectivity index (χ2v) is 6.12. The van der Waals surface area contributed by atoms with Gasteiger partial charge in [0.25, 0.3) is 0 Å². The first-order valence-electron chi connectivity index (χ1n) is 5.11. The lowest BCUT2D eigenvalue weighted by Gasteiger charge is -2.14. The molecule has 0 saturated heterocycles. The van der Waals surface area contributed by atoms with Crippen LogP contribution >= 0.6 is 27.3 Å². The van der Waals surface area contributed by atoms with Crippen molar-refractivity contribution in [1.82, 2.24) is 5.32 Å². The van der Waals surface area contributed by atoms with Crippen molar-refractivity contribution in [2.45, 2.75) is 25.8 Å². The van der Waals surface area contributed by atoms with Crippen LogP contribution in [0.3, 0.4) is 0 Å². The van der Waals surface area contributed by atoms with Gasteiger partial charge in [-0.3, -0.25) is 0 Å². The van der Waals surface area contributed by atoms with Crippen molar-refractivity contribution in [2.24, 2.45) is 11.8 Å². The van der Waals surface area contributed by atoms with E-state index in [9.17, 15) is 0 Å². The predicted octanol–water partition coefficient (Wildman–Crippen LogP) is 3.30. The van der Waals surface area contributed by atoms with Gasteiger partial charge in [0.15, 0.2) is 0 Å². The Morgan fingerprint density at radius 3 is 2.86 bits per heavy atom. The highest BCUT2D eigenvalue weighted by atomic mass is 79.9. The van der Waals surface area contributed by atoms with Crippen molar-refractivity contribution >= 4 is 27.3 Å². The molecule has 78 valence electrons. The van der Waals surface area contributed by atoms with Crippen molar-refractivity contribution in [1.29, 1.82) is 0 Å². The molecule has 3 heteroatoms. The predicted molar refractivity (Wildman–Crippen MR) is 65.8 cm³/mol. The number of nitrogens with one attached hydrogen (secondary N) is 1. The molecule has 1 heterocycles. The van der Waals surface area contributed by atoms with Gasteiger partial charge in [-0.2, -0.15) is 0 Å². The molecule has 1 aliphatic rings. The molecule has 0 spiro atoms. The topological polar surface area (TPSA) is 12.0 Å². The third kappa shape index (κ3) is 2.38. The molecule has 2 rings (SSSR count). The Bertz CT molecular complexity index is 310. The van der Waals surface area contributed by atoms with Crippen LogP contribution in [0.25, 0.3) is 0 Å². The van der Waals surface area contributed by atoms with Gasteiger partial charge in [0.05, 0.1) is 0 Å². The van der Waals surface area contributed by atoms with Crippen molar-refractivity contribution in [3.63, 3.8) is 0 Å². The van der Waals surface area contributed by atoms with Gasteiger partial charge in [0.2, 0.25) is 0 Å². The normalized spacial score (nSPS) is 27.6. The fourth-order valence-electron chi connectivity index (χ4n) is 2.06. The summed E-state index contributed by atoms with van der Waals surface area (Å²) in [5.41, 5.74) is 0. The molecule has 14 heavy (non-hydrogen) atoms. The van der Waals surface area contributed by atoms with Gasteiger partial charge in [-0.05, 0) is 53.7 Å². The van der Waals surface area contributed by atoms with Gasteiger partial charge >= 0.3 is 0 Å². The number of rotatable bonds is 4. The largest absolute Gasteiger partial charge is 0.316 e. The Hall–Kier alpha value is 0.140.